The maximum atomic E-state index is 13.1. The zero-order valence-corrected chi connectivity index (χ0v) is 15.5. The number of hydrogen-bond acceptors (Lipinski definition) is 2. The summed E-state index contributed by atoms with van der Waals surface area (Å²) in [5.41, 5.74) is 1.80. The minimum Gasteiger partial charge on any atom is -0.325 e. The second-order valence-corrected chi connectivity index (χ2v) is 7.45. The quantitative estimate of drug-likeness (QED) is 0.418. The second kappa shape index (κ2) is 8.11. The third-order valence-electron chi connectivity index (χ3n) is 4.35. The molecular formula is C24H19NOS. The number of hydrogen-bond donors (Lipinski definition) is 1. The van der Waals surface area contributed by atoms with E-state index in [4.69, 9.17) is 0 Å². The maximum Gasteiger partial charge on any atom is 0.242 e. The SMILES string of the molecule is O=C(Nc1ccc2ccccc2c1)[C@@H](Sc1ccccc1)c1ccccc1. The number of rotatable bonds is 5. The third kappa shape index (κ3) is 4.21. The average molecular weight is 369 g/mol. The van der Waals surface area contributed by atoms with Gasteiger partial charge in [0.25, 0.3) is 0 Å². The summed E-state index contributed by atoms with van der Waals surface area (Å²) >= 11 is 1.56. The van der Waals surface area contributed by atoms with Crippen LogP contribution in [0.2, 0.25) is 0 Å². The molecule has 132 valence electrons. The van der Waals surface area contributed by atoms with Gasteiger partial charge in [-0.05, 0) is 40.6 Å². The lowest BCUT2D eigenvalue weighted by atomic mass is 10.1. The smallest absolute Gasteiger partial charge is 0.242 e. The highest BCUT2D eigenvalue weighted by molar-refractivity contribution is 8.00. The van der Waals surface area contributed by atoms with Gasteiger partial charge in [-0.3, -0.25) is 4.79 Å². The van der Waals surface area contributed by atoms with Crippen LogP contribution in [0.15, 0.2) is 108 Å². The predicted molar refractivity (Wildman–Crippen MR) is 114 cm³/mol. The molecule has 3 heteroatoms. The van der Waals surface area contributed by atoms with E-state index in [1.807, 2.05) is 91.0 Å². The number of nitrogens with one attached hydrogen (secondary N) is 1. The molecule has 1 N–H and O–H groups in total. The first-order chi connectivity index (χ1) is 13.3. The Balaban J connectivity index is 1.61. The molecule has 1 amide bonds. The summed E-state index contributed by atoms with van der Waals surface area (Å²) in [5.74, 6) is -0.0228. The van der Waals surface area contributed by atoms with Crippen LogP contribution in [0, 0.1) is 0 Å². The highest BCUT2D eigenvalue weighted by Gasteiger charge is 2.22. The molecule has 0 fully saturated rings. The Labute approximate surface area is 163 Å². The van der Waals surface area contributed by atoms with E-state index < -0.39 is 0 Å². The molecule has 27 heavy (non-hydrogen) atoms. The van der Waals surface area contributed by atoms with Crippen LogP contribution < -0.4 is 5.32 Å². The summed E-state index contributed by atoms with van der Waals surface area (Å²) in [6, 6.07) is 34.1. The fourth-order valence-corrected chi connectivity index (χ4v) is 4.06. The normalized spacial score (nSPS) is 11.9. The van der Waals surface area contributed by atoms with Crippen molar-refractivity contribution >= 4 is 34.1 Å². The minimum atomic E-state index is -0.319. The number of carbonyl (C=O) groups is 1. The first-order valence-electron chi connectivity index (χ1n) is 8.86. The molecule has 0 unspecified atom stereocenters. The molecule has 1 atom stereocenters. The molecule has 0 aliphatic carbocycles. The first kappa shape index (κ1) is 17.4. The van der Waals surface area contributed by atoms with Crippen molar-refractivity contribution in [2.75, 3.05) is 5.32 Å². The van der Waals surface area contributed by atoms with E-state index in [-0.39, 0.29) is 11.2 Å². The number of fused-ring (bicyclic) bond motifs is 1. The van der Waals surface area contributed by atoms with Crippen LogP contribution in [0.4, 0.5) is 5.69 Å². The molecule has 4 aromatic carbocycles. The van der Waals surface area contributed by atoms with Gasteiger partial charge in [-0.1, -0.05) is 78.9 Å². The van der Waals surface area contributed by atoms with Crippen molar-refractivity contribution < 1.29 is 4.79 Å². The summed E-state index contributed by atoms with van der Waals surface area (Å²) in [4.78, 5) is 14.2. The van der Waals surface area contributed by atoms with Gasteiger partial charge in [0.2, 0.25) is 5.91 Å². The van der Waals surface area contributed by atoms with Crippen LogP contribution >= 0.6 is 11.8 Å². The van der Waals surface area contributed by atoms with Crippen LogP contribution in [-0.4, -0.2) is 5.91 Å². The lowest BCUT2D eigenvalue weighted by molar-refractivity contribution is -0.115. The van der Waals surface area contributed by atoms with Gasteiger partial charge >= 0.3 is 0 Å². The summed E-state index contributed by atoms with van der Waals surface area (Å²) < 4.78 is 0. The van der Waals surface area contributed by atoms with Gasteiger partial charge in [0.1, 0.15) is 5.25 Å². The van der Waals surface area contributed by atoms with Gasteiger partial charge in [-0.25, -0.2) is 0 Å². The summed E-state index contributed by atoms with van der Waals surface area (Å²) in [6.45, 7) is 0. The van der Waals surface area contributed by atoms with Gasteiger partial charge in [-0.2, -0.15) is 0 Å². The van der Waals surface area contributed by atoms with Crippen LogP contribution in [0.5, 0.6) is 0 Å². The van der Waals surface area contributed by atoms with E-state index in [9.17, 15) is 4.79 Å². The van der Waals surface area contributed by atoms with Crippen LogP contribution in [0.25, 0.3) is 10.8 Å². The van der Waals surface area contributed by atoms with Crippen LogP contribution in [-0.2, 0) is 4.79 Å². The minimum absolute atomic E-state index is 0.0228. The van der Waals surface area contributed by atoms with E-state index in [0.717, 1.165) is 26.9 Å². The summed E-state index contributed by atoms with van der Waals surface area (Å²) in [6.07, 6.45) is 0. The van der Waals surface area contributed by atoms with E-state index in [1.165, 1.54) is 0 Å². The van der Waals surface area contributed by atoms with E-state index in [1.54, 1.807) is 11.8 Å². The van der Waals surface area contributed by atoms with E-state index >= 15 is 0 Å². The van der Waals surface area contributed by atoms with Crippen molar-refractivity contribution in [2.45, 2.75) is 10.1 Å². The number of carbonyl (C=O) groups excluding carboxylic acids is 1. The van der Waals surface area contributed by atoms with Crippen molar-refractivity contribution in [3.8, 4) is 0 Å². The molecule has 0 radical (unpaired) electrons. The Kier molecular flexibility index (Phi) is 5.22. The summed E-state index contributed by atoms with van der Waals surface area (Å²) in [5, 5.41) is 5.05. The van der Waals surface area contributed by atoms with Crippen molar-refractivity contribution in [3.05, 3.63) is 109 Å². The Morgan fingerprint density at radius 2 is 1.33 bits per heavy atom. The third-order valence-corrected chi connectivity index (χ3v) is 5.62. The van der Waals surface area contributed by atoms with Gasteiger partial charge < -0.3 is 5.32 Å². The molecule has 0 aliphatic rings. The number of amides is 1. The maximum absolute atomic E-state index is 13.1. The van der Waals surface area contributed by atoms with Gasteiger partial charge in [0.15, 0.2) is 0 Å². The molecule has 0 aromatic heterocycles. The van der Waals surface area contributed by atoms with Crippen molar-refractivity contribution in [2.24, 2.45) is 0 Å². The molecule has 0 saturated heterocycles. The fraction of sp³-hybridized carbons (Fsp3) is 0.0417. The van der Waals surface area contributed by atoms with E-state index in [0.29, 0.717) is 0 Å². The Hall–Kier alpha value is -3.04. The highest BCUT2D eigenvalue weighted by Crippen LogP contribution is 2.36. The van der Waals surface area contributed by atoms with Gasteiger partial charge in [0.05, 0.1) is 0 Å². The number of benzene rings is 4. The molecular weight excluding hydrogens is 350 g/mol. The Bertz CT molecular complexity index is 1050. The molecule has 0 aliphatic heterocycles. The molecule has 4 aromatic rings. The molecule has 0 bridgehead atoms. The molecule has 2 nitrogen and oxygen atoms in total. The molecule has 0 heterocycles. The van der Waals surface area contributed by atoms with Crippen molar-refractivity contribution in [3.63, 3.8) is 0 Å². The zero-order valence-electron chi connectivity index (χ0n) is 14.7. The van der Waals surface area contributed by atoms with Gasteiger partial charge in [-0.15, -0.1) is 11.8 Å². The van der Waals surface area contributed by atoms with E-state index in [2.05, 4.69) is 17.4 Å². The standard InChI is InChI=1S/C24H19NOS/c26-24(25-21-16-15-18-9-7-8-12-20(18)17-21)23(19-10-3-1-4-11-19)27-22-13-5-2-6-14-22/h1-17,23H,(H,25,26)/t23-/m0/s1. The highest BCUT2D eigenvalue weighted by atomic mass is 32.2. The molecule has 4 rings (SSSR count). The topological polar surface area (TPSA) is 29.1 Å². The monoisotopic (exact) mass is 369 g/mol. The first-order valence-corrected chi connectivity index (χ1v) is 9.74. The van der Waals surface area contributed by atoms with Crippen molar-refractivity contribution in [1.82, 2.24) is 0 Å². The lowest BCUT2D eigenvalue weighted by Gasteiger charge is -2.17. The lowest BCUT2D eigenvalue weighted by Crippen LogP contribution is -2.19. The molecule has 0 spiro atoms. The van der Waals surface area contributed by atoms with Gasteiger partial charge in [0, 0.05) is 10.6 Å². The number of thioether (sulfide) groups is 1. The zero-order chi connectivity index (χ0) is 18.5. The molecule has 0 saturated carbocycles. The Morgan fingerprint density at radius 3 is 2.07 bits per heavy atom. The second-order valence-electron chi connectivity index (χ2n) is 6.27. The Morgan fingerprint density at radius 1 is 0.704 bits per heavy atom. The fourth-order valence-electron chi connectivity index (χ4n) is 3.01. The number of anilines is 1. The predicted octanol–water partition coefficient (Wildman–Crippen LogP) is 6.31. The average Bonchev–Trinajstić information content (AvgIpc) is 2.73. The van der Waals surface area contributed by atoms with Crippen LogP contribution in [0.3, 0.4) is 0 Å². The summed E-state index contributed by atoms with van der Waals surface area (Å²) in [7, 11) is 0. The van der Waals surface area contributed by atoms with Crippen LogP contribution in [0.1, 0.15) is 10.8 Å². The largest absolute Gasteiger partial charge is 0.325 e. The van der Waals surface area contributed by atoms with Crippen molar-refractivity contribution in [1.29, 1.82) is 0 Å².